The average molecular weight is 548 g/mol. The molecule has 0 unspecified atom stereocenters. The van der Waals surface area contributed by atoms with Crippen molar-refractivity contribution >= 4 is 36.1 Å². The van der Waals surface area contributed by atoms with Crippen molar-refractivity contribution in [3.63, 3.8) is 0 Å². The minimum atomic E-state index is -1.32. The molecule has 5 atom stereocenters. The minimum Gasteiger partial charge on any atom is -0.463 e. The molecule has 1 heterocycles. The molecule has 12 heteroatoms. The SMILES string of the molecule is CC(=O)OC[C@H]1O[C@H](/N=C(\N=CN(C)C)c2c(C)cc(C)cc2C)[C@H](OC(C)=O)[C@@H](OC(C)=O)[C@@H]1OC(C)=O. The average Bonchev–Trinajstić information content (AvgIpc) is 2.78. The number of hydrogen-bond acceptors (Lipinski definition) is 10. The number of ether oxygens (including phenoxy) is 5. The van der Waals surface area contributed by atoms with Gasteiger partial charge in [0.15, 0.2) is 30.4 Å². The minimum absolute atomic E-state index is 0.264. The molecule has 0 bridgehead atoms. The molecule has 1 aliphatic heterocycles. The lowest BCUT2D eigenvalue weighted by atomic mass is 9.96. The van der Waals surface area contributed by atoms with E-state index in [1.54, 1.807) is 25.3 Å². The fourth-order valence-electron chi connectivity index (χ4n) is 4.30. The summed E-state index contributed by atoms with van der Waals surface area (Å²) in [6, 6.07) is 3.96. The van der Waals surface area contributed by atoms with Crippen LogP contribution in [0.25, 0.3) is 0 Å². The number of rotatable bonds is 8. The number of carbonyl (C=O) groups excluding carboxylic acids is 4. The highest BCUT2D eigenvalue weighted by atomic mass is 16.7. The van der Waals surface area contributed by atoms with Crippen molar-refractivity contribution < 1.29 is 42.9 Å². The molecule has 0 saturated carbocycles. The fourth-order valence-corrected chi connectivity index (χ4v) is 4.30. The Bertz CT molecular complexity index is 1120. The number of hydrogen-bond donors (Lipinski definition) is 0. The highest BCUT2D eigenvalue weighted by Gasteiger charge is 2.52. The zero-order chi connectivity index (χ0) is 29.4. The maximum Gasteiger partial charge on any atom is 0.303 e. The smallest absolute Gasteiger partial charge is 0.303 e. The van der Waals surface area contributed by atoms with E-state index in [4.69, 9.17) is 28.7 Å². The van der Waals surface area contributed by atoms with Gasteiger partial charge in [0, 0.05) is 47.4 Å². The third-order valence-corrected chi connectivity index (χ3v) is 5.53. The Hall–Kier alpha value is -3.80. The first-order valence-electron chi connectivity index (χ1n) is 12.4. The third kappa shape index (κ3) is 9.17. The van der Waals surface area contributed by atoms with E-state index in [2.05, 4.69) is 4.99 Å². The molecule has 1 aliphatic rings. The normalized spacial score (nSPS) is 23.2. The highest BCUT2D eigenvalue weighted by Crippen LogP contribution is 2.31. The van der Waals surface area contributed by atoms with Crippen LogP contribution < -0.4 is 0 Å². The van der Waals surface area contributed by atoms with Crippen LogP contribution in [0.15, 0.2) is 22.1 Å². The van der Waals surface area contributed by atoms with Crippen LogP contribution in [0.5, 0.6) is 0 Å². The largest absolute Gasteiger partial charge is 0.463 e. The second-order valence-corrected chi connectivity index (χ2v) is 9.52. The number of amidine groups is 1. The Balaban J connectivity index is 2.76. The number of carbonyl (C=O) groups is 4. The van der Waals surface area contributed by atoms with E-state index >= 15 is 0 Å². The van der Waals surface area contributed by atoms with Crippen LogP contribution >= 0.6 is 0 Å². The van der Waals surface area contributed by atoms with Crippen LogP contribution in [-0.4, -0.2) is 92.3 Å². The van der Waals surface area contributed by atoms with Gasteiger partial charge in [-0.2, -0.15) is 0 Å². The molecule has 0 aliphatic carbocycles. The van der Waals surface area contributed by atoms with Gasteiger partial charge in [-0.25, -0.2) is 9.98 Å². The van der Waals surface area contributed by atoms with Crippen molar-refractivity contribution in [2.75, 3.05) is 20.7 Å². The summed E-state index contributed by atoms with van der Waals surface area (Å²) < 4.78 is 27.7. The summed E-state index contributed by atoms with van der Waals surface area (Å²) in [5.41, 5.74) is 3.57. The van der Waals surface area contributed by atoms with E-state index in [0.29, 0.717) is 0 Å². The van der Waals surface area contributed by atoms with E-state index in [-0.39, 0.29) is 12.4 Å². The van der Waals surface area contributed by atoms with Crippen molar-refractivity contribution in [2.24, 2.45) is 9.98 Å². The summed E-state index contributed by atoms with van der Waals surface area (Å²) in [4.78, 5) is 58.8. The Morgan fingerprint density at radius 1 is 0.846 bits per heavy atom. The topological polar surface area (TPSA) is 142 Å². The molecule has 0 amide bonds. The third-order valence-electron chi connectivity index (χ3n) is 5.53. The molecule has 1 saturated heterocycles. The quantitative estimate of drug-likeness (QED) is 0.205. The molecule has 1 aromatic carbocycles. The first-order valence-corrected chi connectivity index (χ1v) is 12.4. The first-order chi connectivity index (χ1) is 18.2. The number of esters is 4. The fraction of sp³-hybridized carbons (Fsp3) is 0.556. The molecule has 12 nitrogen and oxygen atoms in total. The van der Waals surface area contributed by atoms with Gasteiger partial charge < -0.3 is 28.6 Å². The summed E-state index contributed by atoms with van der Waals surface area (Å²) in [7, 11) is 3.59. The molecular weight excluding hydrogens is 510 g/mol. The maximum atomic E-state index is 12.2. The molecule has 214 valence electrons. The maximum absolute atomic E-state index is 12.2. The van der Waals surface area contributed by atoms with Crippen LogP contribution in [0.1, 0.15) is 49.9 Å². The highest BCUT2D eigenvalue weighted by molar-refractivity contribution is 6.05. The first kappa shape index (κ1) is 31.4. The molecule has 1 fully saturated rings. The van der Waals surface area contributed by atoms with Crippen molar-refractivity contribution in [1.82, 2.24) is 4.90 Å². The lowest BCUT2D eigenvalue weighted by molar-refractivity contribution is -0.250. The lowest BCUT2D eigenvalue weighted by Crippen LogP contribution is -2.62. The summed E-state index contributed by atoms with van der Waals surface area (Å²) in [6.45, 7) is 10.2. The van der Waals surface area contributed by atoms with Crippen LogP contribution in [0, 0.1) is 20.8 Å². The number of benzene rings is 1. The van der Waals surface area contributed by atoms with E-state index < -0.39 is 54.5 Å². The van der Waals surface area contributed by atoms with Crippen molar-refractivity contribution in [3.05, 3.63) is 34.4 Å². The van der Waals surface area contributed by atoms with Gasteiger partial charge in [-0.15, -0.1) is 0 Å². The predicted octanol–water partition coefficient (Wildman–Crippen LogP) is 2.03. The Labute approximate surface area is 228 Å². The molecule has 1 aromatic rings. The van der Waals surface area contributed by atoms with Crippen LogP contribution in [-0.2, 0) is 42.9 Å². The van der Waals surface area contributed by atoms with Crippen LogP contribution in [0.4, 0.5) is 0 Å². The molecule has 2 rings (SSSR count). The van der Waals surface area contributed by atoms with Gasteiger partial charge in [0.2, 0.25) is 0 Å². The molecule has 39 heavy (non-hydrogen) atoms. The van der Waals surface area contributed by atoms with Gasteiger partial charge in [0.1, 0.15) is 12.7 Å². The number of nitrogens with zero attached hydrogens (tertiary/aromatic N) is 3. The molecular formula is C27H37N3O9. The van der Waals surface area contributed by atoms with E-state index in [1.165, 1.54) is 13.8 Å². The Morgan fingerprint density at radius 2 is 1.36 bits per heavy atom. The van der Waals surface area contributed by atoms with Gasteiger partial charge in [-0.05, 0) is 31.9 Å². The summed E-state index contributed by atoms with van der Waals surface area (Å²) in [5.74, 6) is -2.48. The van der Waals surface area contributed by atoms with E-state index in [9.17, 15) is 19.2 Å². The Kier molecular flexibility index (Phi) is 11.1. The van der Waals surface area contributed by atoms with Gasteiger partial charge in [-0.1, -0.05) is 17.7 Å². The second-order valence-electron chi connectivity index (χ2n) is 9.52. The standard InChI is InChI=1S/C27H37N3O9/c1-14-10-15(2)22(16(3)11-14)26(28-13-30(8)9)29-27-25(38-20(7)34)24(37-19(6)33)23(36-18(5)32)21(39-27)12-35-17(4)31/h10-11,13,21,23-25,27H,12H2,1-9H3/b28-13?,29-26-/t21-,23-,24+,25-,27+/m1/s1. The monoisotopic (exact) mass is 547 g/mol. The molecule has 0 spiro atoms. The van der Waals surface area contributed by atoms with Crippen molar-refractivity contribution in [3.8, 4) is 0 Å². The molecule has 0 aromatic heterocycles. The number of aliphatic imine (C=N–C) groups is 2. The van der Waals surface area contributed by atoms with E-state index in [0.717, 1.165) is 36.1 Å². The Morgan fingerprint density at radius 3 is 1.85 bits per heavy atom. The zero-order valence-corrected chi connectivity index (χ0v) is 23.8. The van der Waals surface area contributed by atoms with Crippen molar-refractivity contribution in [2.45, 2.75) is 79.1 Å². The van der Waals surface area contributed by atoms with Crippen LogP contribution in [0.3, 0.4) is 0 Å². The van der Waals surface area contributed by atoms with Gasteiger partial charge in [0.05, 0.1) is 6.34 Å². The van der Waals surface area contributed by atoms with E-state index in [1.807, 2.05) is 32.9 Å². The summed E-state index contributed by atoms with van der Waals surface area (Å²) in [6.07, 6.45) is -4.74. The van der Waals surface area contributed by atoms with Gasteiger partial charge in [-0.3, -0.25) is 19.2 Å². The lowest BCUT2D eigenvalue weighted by Gasteiger charge is -2.43. The molecule has 0 radical (unpaired) electrons. The summed E-state index contributed by atoms with van der Waals surface area (Å²) >= 11 is 0. The summed E-state index contributed by atoms with van der Waals surface area (Å²) in [5, 5.41) is 0. The number of aryl methyl sites for hydroxylation is 3. The van der Waals surface area contributed by atoms with Gasteiger partial charge in [0.25, 0.3) is 0 Å². The predicted molar refractivity (Wildman–Crippen MR) is 141 cm³/mol. The van der Waals surface area contributed by atoms with Crippen LogP contribution in [0.2, 0.25) is 0 Å². The zero-order valence-electron chi connectivity index (χ0n) is 23.8. The van der Waals surface area contributed by atoms with Gasteiger partial charge >= 0.3 is 23.9 Å². The van der Waals surface area contributed by atoms with Crippen molar-refractivity contribution in [1.29, 1.82) is 0 Å². The second kappa shape index (κ2) is 13.8. The molecule has 0 N–H and O–H groups in total.